The van der Waals surface area contributed by atoms with Crippen molar-refractivity contribution in [2.45, 2.75) is 39.5 Å². The van der Waals surface area contributed by atoms with Crippen LogP contribution in [0.1, 0.15) is 39.5 Å². The third kappa shape index (κ3) is 2.16. The molecule has 2 heteroatoms. The summed E-state index contributed by atoms with van der Waals surface area (Å²) < 4.78 is 0. The standard InChI is InChI=1S/C14H18O2/c1-9-3-5-11(13(15)7-9)12-6-4-10(2)8-14(12)16/h7-8,11-12H,3-6H2,1-2H3/t11-,12-/m1/s1. The lowest BCUT2D eigenvalue weighted by Gasteiger charge is -2.28. The molecule has 0 aromatic carbocycles. The quantitative estimate of drug-likeness (QED) is 0.678. The summed E-state index contributed by atoms with van der Waals surface area (Å²) in [5.41, 5.74) is 2.30. The van der Waals surface area contributed by atoms with E-state index in [0.717, 1.165) is 36.8 Å². The van der Waals surface area contributed by atoms with Crippen molar-refractivity contribution in [2.75, 3.05) is 0 Å². The zero-order valence-electron chi connectivity index (χ0n) is 9.95. The van der Waals surface area contributed by atoms with Crippen LogP contribution in [0.3, 0.4) is 0 Å². The van der Waals surface area contributed by atoms with Crippen LogP contribution in [0.5, 0.6) is 0 Å². The number of carbonyl (C=O) groups excluding carboxylic acids is 2. The molecule has 0 heterocycles. The van der Waals surface area contributed by atoms with Crippen LogP contribution in [0.2, 0.25) is 0 Å². The van der Waals surface area contributed by atoms with Crippen molar-refractivity contribution >= 4 is 11.6 Å². The largest absolute Gasteiger partial charge is 0.295 e. The molecule has 2 nitrogen and oxygen atoms in total. The lowest BCUT2D eigenvalue weighted by Crippen LogP contribution is -2.32. The molecule has 0 bridgehead atoms. The zero-order chi connectivity index (χ0) is 11.7. The summed E-state index contributed by atoms with van der Waals surface area (Å²) in [6.45, 7) is 3.97. The maximum Gasteiger partial charge on any atom is 0.159 e. The van der Waals surface area contributed by atoms with Crippen molar-refractivity contribution in [1.82, 2.24) is 0 Å². The van der Waals surface area contributed by atoms with E-state index in [4.69, 9.17) is 0 Å². The molecule has 0 amide bonds. The van der Waals surface area contributed by atoms with Gasteiger partial charge in [-0.2, -0.15) is 0 Å². The molecule has 2 aliphatic carbocycles. The average Bonchev–Trinajstić information content (AvgIpc) is 2.19. The molecular weight excluding hydrogens is 200 g/mol. The highest BCUT2D eigenvalue weighted by atomic mass is 16.1. The number of rotatable bonds is 1. The highest BCUT2D eigenvalue weighted by Gasteiger charge is 2.34. The van der Waals surface area contributed by atoms with Gasteiger partial charge in [0, 0.05) is 11.8 Å². The lowest BCUT2D eigenvalue weighted by atomic mass is 9.73. The molecule has 0 saturated carbocycles. The van der Waals surface area contributed by atoms with Crippen LogP contribution in [0.25, 0.3) is 0 Å². The lowest BCUT2D eigenvalue weighted by molar-refractivity contribution is -0.128. The van der Waals surface area contributed by atoms with Gasteiger partial charge in [-0.1, -0.05) is 11.1 Å². The van der Waals surface area contributed by atoms with Gasteiger partial charge in [-0.05, 0) is 51.7 Å². The van der Waals surface area contributed by atoms with Crippen molar-refractivity contribution in [3.63, 3.8) is 0 Å². The molecule has 16 heavy (non-hydrogen) atoms. The first-order chi connectivity index (χ1) is 7.58. The van der Waals surface area contributed by atoms with Crippen molar-refractivity contribution in [2.24, 2.45) is 11.8 Å². The topological polar surface area (TPSA) is 34.1 Å². The maximum absolute atomic E-state index is 11.9. The predicted molar refractivity (Wildman–Crippen MR) is 63.0 cm³/mol. The summed E-state index contributed by atoms with van der Waals surface area (Å²) in [7, 11) is 0. The fourth-order valence-electron chi connectivity index (χ4n) is 2.69. The van der Waals surface area contributed by atoms with Gasteiger partial charge < -0.3 is 0 Å². The zero-order valence-corrected chi connectivity index (χ0v) is 9.95. The Balaban J connectivity index is 2.15. The van der Waals surface area contributed by atoms with Crippen LogP contribution in [0.15, 0.2) is 23.3 Å². The monoisotopic (exact) mass is 218 g/mol. The molecule has 0 radical (unpaired) electrons. The van der Waals surface area contributed by atoms with E-state index in [-0.39, 0.29) is 23.4 Å². The van der Waals surface area contributed by atoms with Gasteiger partial charge in [-0.3, -0.25) is 9.59 Å². The highest BCUT2D eigenvalue weighted by molar-refractivity contribution is 6.00. The molecular formula is C14H18O2. The molecule has 0 aromatic rings. The Morgan fingerprint density at radius 2 is 1.25 bits per heavy atom. The molecule has 0 aliphatic heterocycles. The normalized spacial score (nSPS) is 31.1. The van der Waals surface area contributed by atoms with Gasteiger partial charge in [0.2, 0.25) is 0 Å². The summed E-state index contributed by atoms with van der Waals surface area (Å²) >= 11 is 0. The maximum atomic E-state index is 11.9. The Bertz CT molecular complexity index is 350. The van der Waals surface area contributed by atoms with Crippen LogP contribution in [-0.4, -0.2) is 11.6 Å². The van der Waals surface area contributed by atoms with Gasteiger partial charge in [0.15, 0.2) is 11.6 Å². The Kier molecular flexibility index (Phi) is 3.08. The van der Waals surface area contributed by atoms with Crippen molar-refractivity contribution in [3.8, 4) is 0 Å². The molecule has 0 unspecified atom stereocenters. The molecule has 86 valence electrons. The minimum atomic E-state index is -0.0550. The Hall–Kier alpha value is -1.18. The molecule has 0 aromatic heterocycles. The number of hydrogen-bond donors (Lipinski definition) is 0. The van der Waals surface area contributed by atoms with E-state index in [1.165, 1.54) is 0 Å². The Morgan fingerprint density at radius 1 is 0.875 bits per heavy atom. The van der Waals surface area contributed by atoms with Gasteiger partial charge in [0.25, 0.3) is 0 Å². The summed E-state index contributed by atoms with van der Waals surface area (Å²) in [4.78, 5) is 23.8. The van der Waals surface area contributed by atoms with Crippen molar-refractivity contribution in [3.05, 3.63) is 23.3 Å². The number of hydrogen-bond acceptors (Lipinski definition) is 2. The molecule has 2 rings (SSSR count). The first-order valence-electron chi connectivity index (χ1n) is 6.00. The smallest absolute Gasteiger partial charge is 0.159 e. The van der Waals surface area contributed by atoms with Crippen molar-refractivity contribution < 1.29 is 9.59 Å². The van der Waals surface area contributed by atoms with Crippen molar-refractivity contribution in [1.29, 1.82) is 0 Å². The summed E-state index contributed by atoms with van der Waals surface area (Å²) in [5.74, 6) is 0.214. The first kappa shape index (κ1) is 11.3. The molecule has 2 aliphatic rings. The summed E-state index contributed by atoms with van der Waals surface area (Å²) in [5, 5.41) is 0. The minimum Gasteiger partial charge on any atom is -0.295 e. The Morgan fingerprint density at radius 3 is 1.56 bits per heavy atom. The molecule has 0 N–H and O–H groups in total. The third-order valence-electron chi connectivity index (χ3n) is 3.69. The molecule has 2 atom stereocenters. The van der Waals surface area contributed by atoms with Gasteiger partial charge in [-0.25, -0.2) is 0 Å². The second-order valence-electron chi connectivity index (χ2n) is 5.08. The summed E-state index contributed by atoms with van der Waals surface area (Å²) in [6.07, 6.45) is 7.08. The third-order valence-corrected chi connectivity index (χ3v) is 3.69. The van der Waals surface area contributed by atoms with E-state index in [9.17, 15) is 9.59 Å². The van der Waals surface area contributed by atoms with Gasteiger partial charge in [0.1, 0.15) is 0 Å². The summed E-state index contributed by atoms with van der Waals surface area (Å²) in [6, 6.07) is 0. The number of allylic oxidation sites excluding steroid dienone is 4. The fraction of sp³-hybridized carbons (Fsp3) is 0.571. The molecule has 0 saturated heterocycles. The number of ketones is 2. The van der Waals surface area contributed by atoms with Crippen LogP contribution in [0.4, 0.5) is 0 Å². The van der Waals surface area contributed by atoms with Crippen LogP contribution < -0.4 is 0 Å². The molecule has 0 fully saturated rings. The second kappa shape index (κ2) is 4.36. The van der Waals surface area contributed by atoms with E-state index in [0.29, 0.717) is 0 Å². The number of carbonyl (C=O) groups is 2. The minimum absolute atomic E-state index is 0.0550. The van der Waals surface area contributed by atoms with Crippen LogP contribution >= 0.6 is 0 Å². The van der Waals surface area contributed by atoms with E-state index in [1.54, 1.807) is 12.2 Å². The van der Waals surface area contributed by atoms with Gasteiger partial charge in [0.05, 0.1) is 0 Å². The second-order valence-corrected chi connectivity index (χ2v) is 5.08. The fourth-order valence-corrected chi connectivity index (χ4v) is 2.69. The average molecular weight is 218 g/mol. The van der Waals surface area contributed by atoms with E-state index < -0.39 is 0 Å². The Labute approximate surface area is 96.4 Å². The predicted octanol–water partition coefficient (Wildman–Crippen LogP) is 2.84. The van der Waals surface area contributed by atoms with Crippen LogP contribution in [0, 0.1) is 11.8 Å². The SMILES string of the molecule is CC1=CC(=O)[C@@H]([C@H]2CCC(C)=CC2=O)CC1. The van der Waals surface area contributed by atoms with E-state index in [1.807, 2.05) is 13.8 Å². The van der Waals surface area contributed by atoms with Gasteiger partial charge >= 0.3 is 0 Å². The van der Waals surface area contributed by atoms with E-state index in [2.05, 4.69) is 0 Å². The molecule has 0 spiro atoms. The van der Waals surface area contributed by atoms with Crippen LogP contribution in [-0.2, 0) is 9.59 Å². The van der Waals surface area contributed by atoms with Gasteiger partial charge in [-0.15, -0.1) is 0 Å². The van der Waals surface area contributed by atoms with E-state index >= 15 is 0 Å². The first-order valence-corrected chi connectivity index (χ1v) is 6.00. The highest BCUT2D eigenvalue weighted by Crippen LogP contribution is 2.33.